The summed E-state index contributed by atoms with van der Waals surface area (Å²) in [6.45, 7) is 12.3. The van der Waals surface area contributed by atoms with E-state index >= 15 is 0 Å². The summed E-state index contributed by atoms with van der Waals surface area (Å²) in [7, 11) is 1.14. The number of nitro groups is 1. The topological polar surface area (TPSA) is 298 Å². The van der Waals surface area contributed by atoms with Crippen LogP contribution in [0.5, 0.6) is 23.5 Å². The summed E-state index contributed by atoms with van der Waals surface area (Å²) in [5, 5.41) is 19.4. The van der Waals surface area contributed by atoms with Crippen molar-refractivity contribution in [3.63, 3.8) is 0 Å². The molecule has 4 heterocycles. The van der Waals surface area contributed by atoms with Gasteiger partial charge in [0, 0.05) is 6.07 Å². The molecule has 3 amide bonds. The average Bonchev–Trinajstić information content (AvgIpc) is 3.31. The maximum absolute atomic E-state index is 14.0. The minimum Gasteiger partial charge on any atom is -0.473 e. The van der Waals surface area contributed by atoms with Gasteiger partial charge in [-0.1, -0.05) is 44.2 Å². The predicted molar refractivity (Wildman–Crippen MR) is 253 cm³/mol. The number of hydrogen-bond acceptors (Lipinski definition) is 19. The third kappa shape index (κ3) is 16.2. The lowest BCUT2D eigenvalue weighted by molar-refractivity contribution is -0.386. The molecule has 71 heavy (non-hydrogen) atoms. The lowest BCUT2D eigenvalue weighted by Crippen LogP contribution is -2.28. The van der Waals surface area contributed by atoms with Crippen LogP contribution in [0, 0.1) is 16.0 Å². The second-order valence-corrected chi connectivity index (χ2v) is 17.5. The molecular formula is C48H52N8O15. The fraction of sp³-hybridized carbons (Fsp3) is 0.333. The van der Waals surface area contributed by atoms with Crippen LogP contribution >= 0.6 is 0 Å². The van der Waals surface area contributed by atoms with Crippen LogP contribution in [0.4, 0.5) is 22.7 Å². The number of amides is 3. The van der Waals surface area contributed by atoms with Crippen LogP contribution in [0.2, 0.25) is 0 Å². The number of nitrogens with zero attached hydrogens (tertiary/aromatic N) is 5. The SMILES string of the molecule is COC(=O)c1ccc(NC(=O)c2ccc(NC(=O)c3ccc(NC(=O)c4ccc([N+](=O)[O-])c(OCC(C)C)n4)c(OCc4ccccc4)n3)c(OCC(=O)OC(C)(C)C)n2)c(OCC(=O)OC(C)(C)C)n1. The molecule has 0 saturated heterocycles. The van der Waals surface area contributed by atoms with Gasteiger partial charge in [-0.3, -0.25) is 24.5 Å². The Bertz CT molecular complexity index is 2790. The summed E-state index contributed by atoms with van der Waals surface area (Å²) >= 11 is 0. The van der Waals surface area contributed by atoms with Crippen LogP contribution in [0.3, 0.4) is 0 Å². The molecule has 374 valence electrons. The monoisotopic (exact) mass is 980 g/mol. The van der Waals surface area contributed by atoms with E-state index in [-0.39, 0.29) is 76.6 Å². The quantitative estimate of drug-likeness (QED) is 0.0313. The van der Waals surface area contributed by atoms with E-state index in [0.29, 0.717) is 5.56 Å². The molecule has 0 radical (unpaired) electrons. The molecule has 0 aliphatic rings. The van der Waals surface area contributed by atoms with Gasteiger partial charge < -0.3 is 49.1 Å². The minimum atomic E-state index is -0.895. The molecule has 0 bridgehead atoms. The number of aromatic nitrogens is 4. The first-order valence-corrected chi connectivity index (χ1v) is 21.7. The first-order chi connectivity index (χ1) is 33.5. The Labute approximate surface area is 407 Å². The predicted octanol–water partition coefficient (Wildman–Crippen LogP) is 6.77. The smallest absolute Gasteiger partial charge is 0.356 e. The molecule has 0 saturated carbocycles. The summed E-state index contributed by atoms with van der Waals surface area (Å²) in [5.41, 5.74) is -2.67. The fourth-order valence-electron chi connectivity index (χ4n) is 5.74. The molecule has 23 heteroatoms. The molecule has 5 rings (SSSR count). The summed E-state index contributed by atoms with van der Waals surface area (Å²) in [4.78, 5) is 107. The van der Waals surface area contributed by atoms with Gasteiger partial charge in [0.2, 0.25) is 17.6 Å². The molecule has 0 unspecified atom stereocenters. The van der Waals surface area contributed by atoms with Crippen molar-refractivity contribution in [1.29, 1.82) is 0 Å². The van der Waals surface area contributed by atoms with Crippen molar-refractivity contribution in [3.05, 3.63) is 117 Å². The number of anilines is 3. The molecule has 0 aliphatic heterocycles. The van der Waals surface area contributed by atoms with Gasteiger partial charge in [-0.2, -0.15) is 0 Å². The molecule has 0 atom stereocenters. The van der Waals surface area contributed by atoms with Gasteiger partial charge in [-0.15, -0.1) is 0 Å². The largest absolute Gasteiger partial charge is 0.473 e. The van der Waals surface area contributed by atoms with E-state index in [2.05, 4.69) is 35.9 Å². The Morgan fingerprint density at radius 3 is 1.39 bits per heavy atom. The van der Waals surface area contributed by atoms with Crippen LogP contribution < -0.4 is 34.9 Å². The highest BCUT2D eigenvalue weighted by molar-refractivity contribution is 6.07. The third-order valence-electron chi connectivity index (χ3n) is 8.72. The van der Waals surface area contributed by atoms with Gasteiger partial charge >= 0.3 is 23.6 Å². The molecule has 0 aliphatic carbocycles. The molecule has 1 aromatic carbocycles. The molecule has 0 fully saturated rings. The number of hydrogen-bond donors (Lipinski definition) is 3. The molecule has 5 aromatic rings. The van der Waals surface area contributed by atoms with E-state index in [4.69, 9.17) is 33.2 Å². The van der Waals surface area contributed by atoms with Crippen molar-refractivity contribution < 1.29 is 66.8 Å². The zero-order valence-corrected chi connectivity index (χ0v) is 40.3. The number of benzene rings is 1. The second kappa shape index (κ2) is 23.5. The number of methoxy groups -OCH3 is 1. The van der Waals surface area contributed by atoms with Gasteiger partial charge in [-0.05, 0) is 95.5 Å². The van der Waals surface area contributed by atoms with Gasteiger partial charge in [0.1, 0.15) is 52.0 Å². The molecular weight excluding hydrogens is 929 g/mol. The van der Waals surface area contributed by atoms with E-state index < -0.39 is 76.5 Å². The van der Waals surface area contributed by atoms with Crippen molar-refractivity contribution in [2.75, 3.05) is 42.9 Å². The molecule has 4 aromatic heterocycles. The zero-order chi connectivity index (χ0) is 52.0. The average molecular weight is 981 g/mol. The lowest BCUT2D eigenvalue weighted by Gasteiger charge is -2.20. The van der Waals surface area contributed by atoms with Gasteiger partial charge in [0.25, 0.3) is 23.6 Å². The van der Waals surface area contributed by atoms with Crippen molar-refractivity contribution in [2.45, 2.75) is 73.2 Å². The van der Waals surface area contributed by atoms with Crippen molar-refractivity contribution >= 4 is 58.4 Å². The number of pyridine rings is 4. The Morgan fingerprint density at radius 2 is 0.972 bits per heavy atom. The summed E-state index contributed by atoms with van der Waals surface area (Å²) in [6, 6.07) is 18.8. The van der Waals surface area contributed by atoms with E-state index in [1.807, 2.05) is 13.8 Å². The van der Waals surface area contributed by atoms with E-state index in [9.17, 15) is 38.9 Å². The Balaban J connectivity index is 1.44. The minimum absolute atomic E-state index is 0.000712. The third-order valence-corrected chi connectivity index (χ3v) is 8.72. The van der Waals surface area contributed by atoms with E-state index in [1.165, 1.54) is 36.4 Å². The first kappa shape index (κ1) is 53.2. The highest BCUT2D eigenvalue weighted by Crippen LogP contribution is 2.30. The summed E-state index contributed by atoms with van der Waals surface area (Å²) in [5.74, 6) is -6.26. The Hall–Kier alpha value is -8.76. The number of nitrogens with one attached hydrogen (secondary N) is 3. The summed E-state index contributed by atoms with van der Waals surface area (Å²) in [6.07, 6.45) is 0. The highest BCUT2D eigenvalue weighted by Gasteiger charge is 2.26. The number of carbonyl (C=O) groups is 6. The number of esters is 3. The fourth-order valence-corrected chi connectivity index (χ4v) is 5.74. The first-order valence-electron chi connectivity index (χ1n) is 21.7. The molecule has 3 N–H and O–H groups in total. The molecule has 23 nitrogen and oxygen atoms in total. The maximum atomic E-state index is 14.0. The van der Waals surface area contributed by atoms with Crippen LogP contribution in [-0.2, 0) is 30.4 Å². The highest BCUT2D eigenvalue weighted by atomic mass is 16.6. The maximum Gasteiger partial charge on any atom is 0.356 e. The zero-order valence-electron chi connectivity index (χ0n) is 40.3. The van der Waals surface area contributed by atoms with Gasteiger partial charge in [0.05, 0.1) is 18.6 Å². The van der Waals surface area contributed by atoms with E-state index in [0.717, 1.165) is 19.2 Å². The standard InChI is InChI=1S/C48H52N8O15/c1-27(2)23-66-45-36(56(63)64)22-21-31(54-45)41(61)49-32-17-15-29(52-42(32)67-24-28-13-11-10-12-14-28)39(59)50-33-18-16-30(53-43(33)68-25-37(57)70-47(3,4)5)40(60)51-34-19-20-35(46(62)65-9)55-44(34)69-26-38(58)71-48(6,7)8/h10-22,27H,23-26H2,1-9H3,(H,49,61)(H,50,59)(H,51,60). The Morgan fingerprint density at radius 1 is 0.563 bits per heavy atom. The Kier molecular flexibility index (Phi) is 17.6. The van der Waals surface area contributed by atoms with Crippen molar-refractivity contribution in [2.24, 2.45) is 5.92 Å². The van der Waals surface area contributed by atoms with Gasteiger partial charge in [0.15, 0.2) is 18.9 Å². The normalized spacial score (nSPS) is 11.1. The van der Waals surface area contributed by atoms with Crippen LogP contribution in [0.25, 0.3) is 0 Å². The summed E-state index contributed by atoms with van der Waals surface area (Å²) < 4.78 is 38.2. The van der Waals surface area contributed by atoms with Gasteiger partial charge in [-0.25, -0.2) is 34.3 Å². The van der Waals surface area contributed by atoms with Crippen LogP contribution in [0.15, 0.2) is 78.9 Å². The van der Waals surface area contributed by atoms with Crippen molar-refractivity contribution in [3.8, 4) is 23.5 Å². The van der Waals surface area contributed by atoms with Crippen LogP contribution in [0.1, 0.15) is 103 Å². The number of rotatable bonds is 20. The second-order valence-electron chi connectivity index (χ2n) is 17.5. The lowest BCUT2D eigenvalue weighted by atomic mass is 10.2. The van der Waals surface area contributed by atoms with E-state index in [1.54, 1.807) is 71.9 Å². The van der Waals surface area contributed by atoms with Crippen LogP contribution in [-0.4, -0.2) is 98.6 Å². The number of carbonyl (C=O) groups excluding carboxylic acids is 6. The van der Waals surface area contributed by atoms with Crippen molar-refractivity contribution in [1.82, 2.24) is 19.9 Å². The number of ether oxygens (including phenoxy) is 7. The molecule has 0 spiro atoms.